The summed E-state index contributed by atoms with van der Waals surface area (Å²) >= 11 is 7.24. The zero-order chi connectivity index (χ0) is 20.3. The van der Waals surface area contributed by atoms with Gasteiger partial charge in [0.05, 0.1) is 0 Å². The quantitative estimate of drug-likeness (QED) is 0.591. The molecule has 2 aromatic heterocycles. The van der Waals surface area contributed by atoms with Crippen LogP contribution in [0.3, 0.4) is 0 Å². The van der Waals surface area contributed by atoms with Crippen molar-refractivity contribution in [1.82, 2.24) is 29.5 Å². The summed E-state index contributed by atoms with van der Waals surface area (Å²) in [7, 11) is 1.75. The Morgan fingerprint density at radius 3 is 2.68 bits per heavy atom. The number of carbonyl (C=O) groups excluding carboxylic acids is 1. The average molecular weight is 423 g/mol. The highest BCUT2D eigenvalue weighted by molar-refractivity contribution is 7.12. The van der Waals surface area contributed by atoms with Crippen molar-refractivity contribution in [2.75, 3.05) is 13.6 Å². The number of benzene rings is 1. The van der Waals surface area contributed by atoms with Gasteiger partial charge >= 0.3 is 0 Å². The predicted octanol–water partition coefficient (Wildman–Crippen LogP) is 3.30. The molecule has 0 aliphatic heterocycles. The van der Waals surface area contributed by atoms with Crippen molar-refractivity contribution in [2.45, 2.75) is 26.3 Å². The van der Waals surface area contributed by atoms with Gasteiger partial charge in [-0.3, -0.25) is 9.36 Å². The smallest absolute Gasteiger partial charge is 0.271 e. The van der Waals surface area contributed by atoms with E-state index >= 15 is 0 Å². The molecule has 0 unspecified atom stereocenters. The molecule has 3 rings (SSSR count). The van der Waals surface area contributed by atoms with Gasteiger partial charge in [0.25, 0.3) is 5.91 Å². The van der Waals surface area contributed by atoms with E-state index in [-0.39, 0.29) is 17.8 Å². The van der Waals surface area contributed by atoms with Crippen LogP contribution in [0.5, 0.6) is 0 Å². The van der Waals surface area contributed by atoms with Crippen LogP contribution in [0.4, 0.5) is 4.39 Å². The fourth-order valence-electron chi connectivity index (χ4n) is 2.53. The number of thiazole rings is 1. The molecule has 0 aliphatic rings. The van der Waals surface area contributed by atoms with Crippen molar-refractivity contribution < 1.29 is 9.18 Å². The molecular formula is C18H20ClFN6OS. The van der Waals surface area contributed by atoms with Crippen LogP contribution < -0.4 is 5.32 Å². The van der Waals surface area contributed by atoms with Gasteiger partial charge in [0.15, 0.2) is 11.0 Å². The van der Waals surface area contributed by atoms with Gasteiger partial charge in [-0.2, -0.15) is 0 Å². The van der Waals surface area contributed by atoms with Crippen molar-refractivity contribution in [3.63, 3.8) is 0 Å². The van der Waals surface area contributed by atoms with Crippen LogP contribution in [0, 0.1) is 5.82 Å². The van der Waals surface area contributed by atoms with E-state index in [0.717, 1.165) is 0 Å². The Balaban J connectivity index is 2.01. The minimum Gasteiger partial charge on any atom is -0.349 e. The third kappa shape index (κ3) is 4.73. The van der Waals surface area contributed by atoms with Gasteiger partial charge in [-0.05, 0) is 49.9 Å². The van der Waals surface area contributed by atoms with Crippen molar-refractivity contribution in [1.29, 1.82) is 0 Å². The van der Waals surface area contributed by atoms with Gasteiger partial charge in [-0.1, -0.05) is 0 Å². The molecule has 1 aromatic carbocycles. The monoisotopic (exact) mass is 422 g/mol. The van der Waals surface area contributed by atoms with Gasteiger partial charge < -0.3 is 5.32 Å². The lowest BCUT2D eigenvalue weighted by atomic mass is 10.2. The van der Waals surface area contributed by atoms with E-state index in [1.165, 1.54) is 27.9 Å². The zero-order valence-corrected chi connectivity index (χ0v) is 17.3. The van der Waals surface area contributed by atoms with E-state index in [4.69, 9.17) is 11.8 Å². The second-order valence-electron chi connectivity index (χ2n) is 6.50. The second kappa shape index (κ2) is 8.76. The molecule has 1 N–H and O–H groups in total. The number of rotatable bonds is 7. The fraction of sp³-hybridized carbons (Fsp3) is 0.333. The Kier molecular flexibility index (Phi) is 6.38. The summed E-state index contributed by atoms with van der Waals surface area (Å²) in [5, 5.41) is 13.6. The first-order valence-corrected chi connectivity index (χ1v) is 9.91. The predicted molar refractivity (Wildman–Crippen MR) is 107 cm³/mol. The number of aromatic nitrogens is 4. The maximum absolute atomic E-state index is 13.3. The van der Waals surface area contributed by atoms with Gasteiger partial charge in [-0.15, -0.1) is 21.5 Å². The third-order valence-electron chi connectivity index (χ3n) is 3.81. The number of nitrogens with one attached hydrogen (secondary N) is 1. The van der Waals surface area contributed by atoms with E-state index in [1.807, 2.05) is 13.8 Å². The number of halogens is 2. The Morgan fingerprint density at radius 1 is 1.32 bits per heavy atom. The summed E-state index contributed by atoms with van der Waals surface area (Å²) in [6.07, 6.45) is 0.529. The fourth-order valence-corrected chi connectivity index (χ4v) is 3.44. The van der Waals surface area contributed by atoms with E-state index in [2.05, 4.69) is 20.5 Å². The molecule has 7 nitrogen and oxygen atoms in total. The van der Waals surface area contributed by atoms with E-state index in [9.17, 15) is 9.18 Å². The lowest BCUT2D eigenvalue weighted by Gasteiger charge is -2.09. The second-order valence-corrected chi connectivity index (χ2v) is 7.92. The number of hydrogen-bond acceptors (Lipinski definition) is 6. The van der Waals surface area contributed by atoms with Crippen LogP contribution in [-0.4, -0.2) is 49.7 Å². The van der Waals surface area contributed by atoms with Crippen LogP contribution >= 0.6 is 23.1 Å². The number of hydrogen-bond donors (Lipinski definition) is 1. The first-order chi connectivity index (χ1) is 13.3. The zero-order valence-electron chi connectivity index (χ0n) is 15.7. The Labute approximate surface area is 171 Å². The molecule has 3 aromatic rings. The first-order valence-electron chi connectivity index (χ1n) is 8.69. The van der Waals surface area contributed by atoms with E-state index in [1.54, 1.807) is 29.1 Å². The van der Waals surface area contributed by atoms with Crippen LogP contribution in [0.25, 0.3) is 16.5 Å². The topological polar surface area (TPSA) is 75.9 Å². The minimum absolute atomic E-state index is 0.0113. The van der Waals surface area contributed by atoms with E-state index < -0.39 is 0 Å². The molecule has 10 heteroatoms. The van der Waals surface area contributed by atoms with Gasteiger partial charge in [0, 0.05) is 37.0 Å². The third-order valence-corrected chi connectivity index (χ3v) is 4.81. The van der Waals surface area contributed by atoms with Crippen LogP contribution in [0.15, 0.2) is 29.6 Å². The standard InChI is InChI=1S/C18H20ClFN6OS/c1-11(2)21-17(27)14-10-28-18(22-14)26-15(8-9-25(3)19)23-24-16(26)12-4-6-13(20)7-5-12/h4-7,10-11H,8-9H2,1-3H3,(H,21,27). The molecule has 0 bridgehead atoms. The Morgan fingerprint density at radius 2 is 2.04 bits per heavy atom. The first kappa shape index (κ1) is 20.4. The van der Waals surface area contributed by atoms with Crippen molar-refractivity contribution >= 4 is 29.0 Å². The van der Waals surface area contributed by atoms with Crippen molar-refractivity contribution in [3.8, 4) is 16.5 Å². The molecule has 0 radical (unpaired) electrons. The lowest BCUT2D eigenvalue weighted by Crippen LogP contribution is -2.30. The van der Waals surface area contributed by atoms with Gasteiger partial charge in [0.2, 0.25) is 0 Å². The Bertz CT molecular complexity index is 953. The molecule has 0 saturated heterocycles. The minimum atomic E-state index is -0.333. The lowest BCUT2D eigenvalue weighted by molar-refractivity contribution is 0.0938. The molecule has 1 amide bonds. The highest BCUT2D eigenvalue weighted by atomic mass is 35.5. The normalized spacial score (nSPS) is 11.4. The Hall–Kier alpha value is -2.36. The van der Waals surface area contributed by atoms with E-state index in [0.29, 0.717) is 41.0 Å². The molecule has 0 saturated carbocycles. The number of amides is 1. The van der Waals surface area contributed by atoms with Gasteiger partial charge in [0.1, 0.15) is 17.3 Å². The van der Waals surface area contributed by atoms with Gasteiger partial charge in [-0.25, -0.2) is 13.8 Å². The summed E-state index contributed by atoms with van der Waals surface area (Å²) in [4.78, 5) is 16.7. The van der Waals surface area contributed by atoms with Crippen LogP contribution in [0.2, 0.25) is 0 Å². The SMILES string of the molecule is CC(C)NC(=O)c1csc(-n2c(CCN(C)Cl)nnc2-c2ccc(F)cc2)n1. The van der Waals surface area contributed by atoms with Crippen molar-refractivity contribution in [2.24, 2.45) is 0 Å². The molecule has 2 heterocycles. The summed E-state index contributed by atoms with van der Waals surface area (Å²) < 4.78 is 16.6. The molecule has 0 aliphatic carbocycles. The molecule has 28 heavy (non-hydrogen) atoms. The van der Waals surface area contributed by atoms with Crippen molar-refractivity contribution in [3.05, 3.63) is 47.0 Å². The summed E-state index contributed by atoms with van der Waals surface area (Å²) in [6.45, 7) is 4.33. The molecule has 0 atom stereocenters. The summed E-state index contributed by atoms with van der Waals surface area (Å²) in [6, 6.07) is 6.01. The maximum atomic E-state index is 13.3. The maximum Gasteiger partial charge on any atom is 0.271 e. The molecule has 148 valence electrons. The summed E-state index contributed by atoms with van der Waals surface area (Å²) in [5.74, 6) is 0.603. The number of nitrogens with zero attached hydrogens (tertiary/aromatic N) is 5. The number of likely N-dealkylation sites (N-methyl/N-ethyl adjacent to an activating group) is 1. The number of carbonyl (C=O) groups is 1. The van der Waals surface area contributed by atoms with Crippen LogP contribution in [0.1, 0.15) is 30.2 Å². The molecule has 0 spiro atoms. The average Bonchev–Trinajstić information content (AvgIpc) is 3.26. The summed E-state index contributed by atoms with van der Waals surface area (Å²) in [5.41, 5.74) is 1.02. The molecule has 0 fully saturated rings. The van der Waals surface area contributed by atoms with Crippen LogP contribution in [-0.2, 0) is 6.42 Å². The largest absolute Gasteiger partial charge is 0.349 e. The molecular weight excluding hydrogens is 403 g/mol. The highest BCUT2D eigenvalue weighted by Gasteiger charge is 2.20. The highest BCUT2D eigenvalue weighted by Crippen LogP contribution is 2.26.